The molecule has 1 amide bonds. The van der Waals surface area contributed by atoms with E-state index in [-0.39, 0.29) is 24.3 Å². The highest BCUT2D eigenvalue weighted by atomic mass is 32.1. The lowest BCUT2D eigenvalue weighted by molar-refractivity contribution is -0.141. The number of carbonyl (C=O) groups excluding carboxylic acids is 3. The van der Waals surface area contributed by atoms with Crippen molar-refractivity contribution in [3.05, 3.63) is 21.9 Å². The fourth-order valence-corrected chi connectivity index (χ4v) is 2.53. The first-order valence-corrected chi connectivity index (χ1v) is 7.25. The summed E-state index contributed by atoms with van der Waals surface area (Å²) >= 11 is 1.21. The molecule has 0 fully saturated rings. The van der Waals surface area contributed by atoms with E-state index in [1.165, 1.54) is 30.3 Å². The number of amides is 1. The summed E-state index contributed by atoms with van der Waals surface area (Å²) in [5, 5.41) is 1.66. The predicted octanol–water partition coefficient (Wildman–Crippen LogP) is 2.36. The van der Waals surface area contributed by atoms with E-state index in [4.69, 9.17) is 0 Å². The van der Waals surface area contributed by atoms with E-state index >= 15 is 0 Å². The van der Waals surface area contributed by atoms with E-state index in [0.29, 0.717) is 10.4 Å². The van der Waals surface area contributed by atoms with Gasteiger partial charge in [-0.1, -0.05) is 6.92 Å². The Morgan fingerprint density at radius 2 is 2.05 bits per heavy atom. The Hall–Kier alpha value is -1.69. The van der Waals surface area contributed by atoms with Crippen molar-refractivity contribution in [2.75, 3.05) is 13.7 Å². The molecule has 6 heteroatoms. The van der Waals surface area contributed by atoms with E-state index in [2.05, 4.69) is 4.74 Å². The van der Waals surface area contributed by atoms with Crippen LogP contribution in [-0.4, -0.2) is 42.3 Å². The Bertz CT molecular complexity index is 509. The van der Waals surface area contributed by atoms with Gasteiger partial charge in [-0.2, -0.15) is 0 Å². The Labute approximate surface area is 122 Å². The molecular formula is C14H19NO4S. The third kappa shape index (κ3) is 3.90. The minimum atomic E-state index is -0.456. The van der Waals surface area contributed by atoms with Crippen LogP contribution < -0.4 is 0 Å². The molecule has 0 aliphatic heterocycles. The molecular weight excluding hydrogens is 278 g/mol. The first-order chi connectivity index (χ1) is 9.40. The summed E-state index contributed by atoms with van der Waals surface area (Å²) in [5.41, 5.74) is 0.514. The Morgan fingerprint density at radius 3 is 2.50 bits per heavy atom. The van der Waals surface area contributed by atoms with Gasteiger partial charge in [0.2, 0.25) is 0 Å². The number of ether oxygens (including phenoxy) is 1. The highest BCUT2D eigenvalue weighted by Gasteiger charge is 2.24. The average Bonchev–Trinajstić information content (AvgIpc) is 2.92. The number of rotatable bonds is 6. The van der Waals surface area contributed by atoms with Gasteiger partial charge in [-0.3, -0.25) is 14.4 Å². The lowest BCUT2D eigenvalue weighted by atomic mass is 10.2. The SMILES string of the molecule is CC[C@@H](C)N(CC(=O)OC)C(=O)c1cc(C(C)=O)cs1. The number of nitrogens with zero attached hydrogens (tertiary/aromatic N) is 1. The minimum absolute atomic E-state index is 0.0792. The normalized spacial score (nSPS) is 11.8. The molecule has 0 bridgehead atoms. The number of ketones is 1. The Balaban J connectivity index is 2.96. The molecule has 0 aliphatic rings. The van der Waals surface area contributed by atoms with Crippen LogP contribution in [-0.2, 0) is 9.53 Å². The molecule has 20 heavy (non-hydrogen) atoms. The Kier molecular flexibility index (Phi) is 5.88. The van der Waals surface area contributed by atoms with Gasteiger partial charge in [0.1, 0.15) is 6.54 Å². The van der Waals surface area contributed by atoms with Crippen molar-refractivity contribution < 1.29 is 19.1 Å². The number of hydrogen-bond donors (Lipinski definition) is 0. The average molecular weight is 297 g/mol. The second-order valence-electron chi connectivity index (χ2n) is 4.52. The maximum Gasteiger partial charge on any atom is 0.325 e. The van der Waals surface area contributed by atoms with Crippen LogP contribution in [0.25, 0.3) is 0 Å². The van der Waals surface area contributed by atoms with Crippen molar-refractivity contribution in [2.45, 2.75) is 33.2 Å². The fourth-order valence-electron chi connectivity index (χ4n) is 1.63. The second-order valence-corrected chi connectivity index (χ2v) is 5.43. The molecule has 1 atom stereocenters. The van der Waals surface area contributed by atoms with Gasteiger partial charge in [-0.15, -0.1) is 11.3 Å². The van der Waals surface area contributed by atoms with Crippen LogP contribution in [0.1, 0.15) is 47.2 Å². The third-order valence-corrected chi connectivity index (χ3v) is 4.05. The van der Waals surface area contributed by atoms with Gasteiger partial charge in [0, 0.05) is 17.0 Å². The zero-order valence-corrected chi connectivity index (χ0v) is 13.0. The van der Waals surface area contributed by atoms with E-state index in [1.807, 2.05) is 13.8 Å². The minimum Gasteiger partial charge on any atom is -0.468 e. The van der Waals surface area contributed by atoms with Gasteiger partial charge >= 0.3 is 5.97 Å². The van der Waals surface area contributed by atoms with Gasteiger partial charge in [0.05, 0.1) is 12.0 Å². The third-order valence-electron chi connectivity index (χ3n) is 3.13. The second kappa shape index (κ2) is 7.19. The number of methoxy groups -OCH3 is 1. The van der Waals surface area contributed by atoms with Gasteiger partial charge < -0.3 is 9.64 Å². The fraction of sp³-hybridized carbons (Fsp3) is 0.500. The van der Waals surface area contributed by atoms with Crippen molar-refractivity contribution in [1.82, 2.24) is 4.90 Å². The molecule has 0 unspecified atom stereocenters. The first kappa shape index (κ1) is 16.4. The van der Waals surface area contributed by atoms with E-state index in [9.17, 15) is 14.4 Å². The van der Waals surface area contributed by atoms with Crippen molar-refractivity contribution in [1.29, 1.82) is 0 Å². The van der Waals surface area contributed by atoms with Crippen molar-refractivity contribution in [2.24, 2.45) is 0 Å². The summed E-state index contributed by atoms with van der Waals surface area (Å²) < 4.78 is 4.62. The smallest absolute Gasteiger partial charge is 0.325 e. The molecule has 0 aliphatic carbocycles. The number of thiophene rings is 1. The van der Waals surface area contributed by atoms with Crippen LogP contribution in [0.3, 0.4) is 0 Å². The number of hydrogen-bond acceptors (Lipinski definition) is 5. The molecule has 1 heterocycles. The highest BCUT2D eigenvalue weighted by molar-refractivity contribution is 7.12. The van der Waals surface area contributed by atoms with Crippen LogP contribution in [0.5, 0.6) is 0 Å². The Morgan fingerprint density at radius 1 is 1.40 bits per heavy atom. The molecule has 0 spiro atoms. The summed E-state index contributed by atoms with van der Waals surface area (Å²) in [6.07, 6.45) is 0.730. The standard InChI is InChI=1S/C14H19NO4S/c1-5-9(2)15(7-13(17)19-4)14(18)12-6-11(8-20-12)10(3)16/h6,8-9H,5,7H2,1-4H3/t9-/m1/s1. The molecule has 110 valence electrons. The topological polar surface area (TPSA) is 63.7 Å². The summed E-state index contributed by atoms with van der Waals surface area (Å²) in [7, 11) is 1.29. The molecule has 1 aromatic heterocycles. The van der Waals surface area contributed by atoms with Crippen LogP contribution in [0.2, 0.25) is 0 Å². The van der Waals surface area contributed by atoms with Gasteiger partial charge in [-0.05, 0) is 26.3 Å². The van der Waals surface area contributed by atoms with Gasteiger partial charge in [0.25, 0.3) is 5.91 Å². The summed E-state index contributed by atoms with van der Waals surface area (Å²) in [6, 6.07) is 1.49. The number of esters is 1. The zero-order chi connectivity index (χ0) is 15.3. The molecule has 0 saturated carbocycles. The summed E-state index contributed by atoms with van der Waals surface area (Å²) in [4.78, 5) is 37.1. The van der Waals surface area contributed by atoms with Crippen LogP contribution in [0, 0.1) is 0 Å². The van der Waals surface area contributed by atoms with Crippen molar-refractivity contribution >= 4 is 29.0 Å². The zero-order valence-electron chi connectivity index (χ0n) is 12.1. The molecule has 1 rings (SSSR count). The lowest BCUT2D eigenvalue weighted by Gasteiger charge is -2.26. The molecule has 1 aromatic rings. The van der Waals surface area contributed by atoms with E-state index < -0.39 is 5.97 Å². The quantitative estimate of drug-likeness (QED) is 0.597. The lowest BCUT2D eigenvalue weighted by Crippen LogP contribution is -2.41. The maximum atomic E-state index is 12.4. The molecule has 0 N–H and O–H groups in total. The molecule has 0 radical (unpaired) electrons. The molecule has 5 nitrogen and oxygen atoms in total. The summed E-state index contributed by atoms with van der Waals surface area (Å²) in [6.45, 7) is 5.19. The number of carbonyl (C=O) groups is 3. The van der Waals surface area contributed by atoms with Crippen molar-refractivity contribution in [3.63, 3.8) is 0 Å². The van der Waals surface area contributed by atoms with Crippen LogP contribution in [0.4, 0.5) is 0 Å². The predicted molar refractivity (Wildman–Crippen MR) is 77.1 cm³/mol. The highest BCUT2D eigenvalue weighted by Crippen LogP contribution is 2.19. The van der Waals surface area contributed by atoms with E-state index in [0.717, 1.165) is 6.42 Å². The van der Waals surface area contributed by atoms with Gasteiger partial charge in [0.15, 0.2) is 5.78 Å². The number of Topliss-reactive ketones (excluding diaryl/α,β-unsaturated/α-hetero) is 1. The van der Waals surface area contributed by atoms with E-state index in [1.54, 1.807) is 11.4 Å². The van der Waals surface area contributed by atoms with Gasteiger partial charge in [-0.25, -0.2) is 0 Å². The summed E-state index contributed by atoms with van der Waals surface area (Å²) in [5.74, 6) is -0.785. The van der Waals surface area contributed by atoms with Crippen LogP contribution in [0.15, 0.2) is 11.4 Å². The van der Waals surface area contributed by atoms with Crippen LogP contribution >= 0.6 is 11.3 Å². The molecule has 0 saturated heterocycles. The molecule has 0 aromatic carbocycles. The van der Waals surface area contributed by atoms with Crippen molar-refractivity contribution in [3.8, 4) is 0 Å². The monoisotopic (exact) mass is 297 g/mol. The first-order valence-electron chi connectivity index (χ1n) is 6.37. The largest absolute Gasteiger partial charge is 0.468 e. The maximum absolute atomic E-state index is 12.4.